The van der Waals surface area contributed by atoms with Crippen molar-refractivity contribution in [2.75, 3.05) is 38.0 Å². The third-order valence-electron chi connectivity index (χ3n) is 9.24. The van der Waals surface area contributed by atoms with Crippen LogP contribution in [-0.4, -0.2) is 63.4 Å². The molecule has 3 aromatic rings. The van der Waals surface area contributed by atoms with Gasteiger partial charge >= 0.3 is 0 Å². The van der Waals surface area contributed by atoms with Crippen LogP contribution in [0.3, 0.4) is 0 Å². The van der Waals surface area contributed by atoms with Gasteiger partial charge in [-0.15, -0.1) is 0 Å². The average molecular weight is 531 g/mol. The van der Waals surface area contributed by atoms with Crippen LogP contribution in [0.4, 0.5) is 5.69 Å². The van der Waals surface area contributed by atoms with Crippen LogP contribution in [0.1, 0.15) is 80.2 Å². The Hall–Kier alpha value is -2.81. The number of amides is 1. The molecule has 2 aromatic heterocycles. The van der Waals surface area contributed by atoms with Crippen molar-refractivity contribution >= 4 is 22.5 Å². The summed E-state index contributed by atoms with van der Waals surface area (Å²) in [6, 6.07) is 9.60. The maximum Gasteiger partial charge on any atom is 0.274 e. The number of aromatic nitrogens is 3. The van der Waals surface area contributed by atoms with Crippen molar-refractivity contribution in [3.8, 4) is 0 Å². The number of piperidine rings is 2. The first-order valence-electron chi connectivity index (χ1n) is 14.6. The number of carbonyl (C=O) groups excluding carboxylic acids is 1. The summed E-state index contributed by atoms with van der Waals surface area (Å²) in [6.45, 7) is 11.2. The highest BCUT2D eigenvalue weighted by Gasteiger charge is 2.44. The fourth-order valence-electron chi connectivity index (χ4n) is 7.13. The number of nitrogens with one attached hydrogen (secondary N) is 2. The maximum absolute atomic E-state index is 13.0. The second-order valence-electron chi connectivity index (χ2n) is 12.8. The van der Waals surface area contributed by atoms with E-state index in [0.717, 1.165) is 48.4 Å². The Morgan fingerprint density at radius 3 is 2.62 bits per heavy atom. The van der Waals surface area contributed by atoms with Gasteiger partial charge < -0.3 is 20.6 Å². The molecule has 1 amide bonds. The summed E-state index contributed by atoms with van der Waals surface area (Å²) in [5.74, 6) is 0.580. The van der Waals surface area contributed by atoms with E-state index in [2.05, 4.69) is 31.4 Å². The molecule has 3 N–H and O–H groups in total. The van der Waals surface area contributed by atoms with Gasteiger partial charge in [0, 0.05) is 48.2 Å². The number of aliphatic hydroxyl groups is 1. The minimum atomic E-state index is -1.14. The fraction of sp³-hybridized carbons (Fsp3) is 0.581. The van der Waals surface area contributed by atoms with Crippen LogP contribution in [-0.2, 0) is 5.60 Å². The Balaban J connectivity index is 1.13. The number of rotatable bonds is 6. The number of likely N-dealkylation sites (tertiary alicyclic amines) is 1. The number of hydrogen-bond acceptors (Lipinski definition) is 6. The van der Waals surface area contributed by atoms with Crippen molar-refractivity contribution < 1.29 is 9.90 Å². The van der Waals surface area contributed by atoms with Crippen LogP contribution < -0.4 is 10.6 Å². The van der Waals surface area contributed by atoms with Gasteiger partial charge in [0.15, 0.2) is 0 Å². The summed E-state index contributed by atoms with van der Waals surface area (Å²) in [5.41, 5.74) is 2.72. The summed E-state index contributed by atoms with van der Waals surface area (Å²) >= 11 is 0. The predicted octanol–water partition coefficient (Wildman–Crippen LogP) is 4.64. The molecular formula is C31H42N6O2. The lowest BCUT2D eigenvalue weighted by molar-refractivity contribution is -0.00253. The molecular weight excluding hydrogens is 488 g/mol. The van der Waals surface area contributed by atoms with Gasteiger partial charge in [-0.1, -0.05) is 6.07 Å². The zero-order valence-corrected chi connectivity index (χ0v) is 23.5. The predicted molar refractivity (Wildman–Crippen MR) is 154 cm³/mol. The molecule has 6 rings (SSSR count). The Kier molecular flexibility index (Phi) is 6.98. The third kappa shape index (κ3) is 5.60. The summed E-state index contributed by atoms with van der Waals surface area (Å²) < 4.78 is 2.11. The van der Waals surface area contributed by atoms with E-state index < -0.39 is 5.60 Å². The monoisotopic (exact) mass is 530 g/mol. The van der Waals surface area contributed by atoms with Gasteiger partial charge in [0.1, 0.15) is 5.69 Å². The molecule has 0 radical (unpaired) electrons. The summed E-state index contributed by atoms with van der Waals surface area (Å²) in [5, 5.41) is 23.3. The highest BCUT2D eigenvalue weighted by molar-refractivity contribution is 6.04. The van der Waals surface area contributed by atoms with Crippen molar-refractivity contribution in [2.24, 2.45) is 11.3 Å². The van der Waals surface area contributed by atoms with E-state index in [9.17, 15) is 9.90 Å². The van der Waals surface area contributed by atoms with Crippen LogP contribution in [0.25, 0.3) is 10.9 Å². The topological polar surface area (TPSA) is 95.3 Å². The number of anilines is 1. The largest absolute Gasteiger partial charge is 0.386 e. The van der Waals surface area contributed by atoms with E-state index in [1.807, 2.05) is 31.2 Å². The lowest BCUT2D eigenvalue weighted by Crippen LogP contribution is -2.49. The fourth-order valence-corrected chi connectivity index (χ4v) is 7.13. The highest BCUT2D eigenvalue weighted by Crippen LogP contribution is 2.51. The molecule has 1 saturated carbocycles. The average Bonchev–Trinajstić information content (AvgIpc) is 3.31. The van der Waals surface area contributed by atoms with Gasteiger partial charge in [0.05, 0.1) is 17.2 Å². The summed E-state index contributed by atoms with van der Waals surface area (Å²) in [6.07, 6.45) is 9.84. The van der Waals surface area contributed by atoms with E-state index in [1.165, 1.54) is 45.3 Å². The van der Waals surface area contributed by atoms with Crippen molar-refractivity contribution in [3.05, 3.63) is 53.5 Å². The van der Waals surface area contributed by atoms with E-state index in [4.69, 9.17) is 5.10 Å². The first-order valence-corrected chi connectivity index (χ1v) is 14.6. The number of pyridine rings is 1. The maximum atomic E-state index is 13.0. The molecule has 2 saturated heterocycles. The van der Waals surface area contributed by atoms with Gasteiger partial charge in [0.2, 0.25) is 0 Å². The van der Waals surface area contributed by atoms with Crippen LogP contribution >= 0.6 is 0 Å². The third-order valence-corrected chi connectivity index (χ3v) is 9.24. The van der Waals surface area contributed by atoms with Crippen molar-refractivity contribution in [1.29, 1.82) is 0 Å². The van der Waals surface area contributed by atoms with Crippen LogP contribution in [0, 0.1) is 18.3 Å². The molecule has 8 nitrogen and oxygen atoms in total. The number of fused-ring (bicyclic) bond motifs is 1. The molecule has 39 heavy (non-hydrogen) atoms. The minimum Gasteiger partial charge on any atom is -0.386 e. The van der Waals surface area contributed by atoms with E-state index in [-0.39, 0.29) is 5.91 Å². The van der Waals surface area contributed by atoms with E-state index >= 15 is 0 Å². The Bertz CT molecular complexity index is 1340. The highest BCUT2D eigenvalue weighted by atomic mass is 16.3. The molecule has 4 heterocycles. The molecule has 208 valence electrons. The van der Waals surface area contributed by atoms with Crippen molar-refractivity contribution in [1.82, 2.24) is 25.0 Å². The van der Waals surface area contributed by atoms with Gasteiger partial charge in [-0.25, -0.2) is 4.98 Å². The van der Waals surface area contributed by atoms with Gasteiger partial charge in [0.25, 0.3) is 5.91 Å². The molecule has 2 aliphatic heterocycles. The Morgan fingerprint density at radius 1 is 1.18 bits per heavy atom. The minimum absolute atomic E-state index is 0.291. The number of nitrogens with zero attached hydrogens (tertiary/aromatic N) is 4. The lowest BCUT2D eigenvalue weighted by atomic mass is 9.57. The molecule has 8 heteroatoms. The molecule has 0 atom stereocenters. The molecule has 1 aliphatic carbocycles. The molecule has 3 fully saturated rings. The quantitative estimate of drug-likeness (QED) is 0.430. The normalized spacial score (nSPS) is 20.8. The molecule has 1 aromatic carbocycles. The second-order valence-corrected chi connectivity index (χ2v) is 12.8. The summed E-state index contributed by atoms with van der Waals surface area (Å²) in [7, 11) is 0. The number of hydrogen-bond donors (Lipinski definition) is 3. The second kappa shape index (κ2) is 10.3. The molecule has 3 aliphatic rings. The van der Waals surface area contributed by atoms with Crippen LogP contribution in [0.2, 0.25) is 0 Å². The van der Waals surface area contributed by atoms with Crippen LogP contribution in [0.15, 0.2) is 36.5 Å². The van der Waals surface area contributed by atoms with Crippen LogP contribution in [0.5, 0.6) is 0 Å². The van der Waals surface area contributed by atoms with E-state index in [0.29, 0.717) is 28.4 Å². The number of aryl methyl sites for hydroxylation is 1. The smallest absolute Gasteiger partial charge is 0.274 e. The van der Waals surface area contributed by atoms with Gasteiger partial charge in [-0.05, 0) is 108 Å². The van der Waals surface area contributed by atoms with E-state index in [1.54, 1.807) is 19.9 Å². The van der Waals surface area contributed by atoms with Crippen molar-refractivity contribution in [2.45, 2.75) is 70.9 Å². The summed E-state index contributed by atoms with van der Waals surface area (Å²) in [4.78, 5) is 20.0. The van der Waals surface area contributed by atoms with Gasteiger partial charge in [-0.2, -0.15) is 5.10 Å². The first-order chi connectivity index (χ1) is 18.7. The Labute approximate surface area is 231 Å². The molecule has 0 bridgehead atoms. The number of carbonyl (C=O) groups is 1. The molecule has 1 spiro atoms. The zero-order chi connectivity index (χ0) is 27.2. The SMILES string of the molecule is Cc1cccc(C(=O)Nc2cc3cn(C4CCN(CC5CC6(CCNCC6)C5)CC4)nc3cc2C(C)(C)O)n1. The van der Waals surface area contributed by atoms with Gasteiger partial charge in [-0.3, -0.25) is 9.48 Å². The first kappa shape index (κ1) is 26.4. The molecule has 0 unspecified atom stereocenters. The zero-order valence-electron chi connectivity index (χ0n) is 23.5. The van der Waals surface area contributed by atoms with Crippen molar-refractivity contribution in [3.63, 3.8) is 0 Å². The standard InChI is InChI=1S/C31H42N6O2/c1-21-5-4-6-26(33-21)29(38)34-28-15-23-20-37(35-27(23)16-25(28)30(2,3)39)24-7-13-36(14-8-24)19-22-17-31(18-22)9-11-32-12-10-31/h4-6,15-16,20,22,24,32,39H,7-14,17-19H2,1-3H3,(H,34,38). The Morgan fingerprint density at radius 2 is 1.92 bits per heavy atom. The lowest BCUT2D eigenvalue weighted by Gasteiger charge is -2.52. The number of benzene rings is 1.